The zero-order valence-corrected chi connectivity index (χ0v) is 15.7. The number of amides is 1. The molecule has 0 aliphatic rings. The largest absolute Gasteiger partial charge is 0.362 e. The van der Waals surface area contributed by atoms with Gasteiger partial charge in [-0.15, -0.1) is 0 Å². The summed E-state index contributed by atoms with van der Waals surface area (Å²) in [5.74, 6) is -2.04. The standard InChI is InChI=1S/C17H20F2N4O3S/c1-23(2)17-12(4-3-8-20-17)11-21-16(24)7-9-22-27(25,26)13-5-6-14(18)15(19)10-13/h3-6,8,10,22H,7,9,11H2,1-2H3,(H,21,24). The monoisotopic (exact) mass is 398 g/mol. The van der Waals surface area contributed by atoms with Gasteiger partial charge in [0.1, 0.15) is 5.82 Å². The van der Waals surface area contributed by atoms with Crippen LogP contribution in [0.4, 0.5) is 14.6 Å². The van der Waals surface area contributed by atoms with Gasteiger partial charge >= 0.3 is 0 Å². The number of carbonyl (C=O) groups excluding carboxylic acids is 1. The molecule has 1 aromatic carbocycles. The van der Waals surface area contributed by atoms with Gasteiger partial charge in [0.15, 0.2) is 11.6 Å². The minimum atomic E-state index is -4.03. The lowest BCUT2D eigenvalue weighted by Gasteiger charge is -2.16. The van der Waals surface area contributed by atoms with Crippen molar-refractivity contribution in [3.63, 3.8) is 0 Å². The number of anilines is 1. The molecule has 0 aliphatic heterocycles. The third-order valence-corrected chi connectivity index (χ3v) is 5.07. The maximum Gasteiger partial charge on any atom is 0.240 e. The maximum atomic E-state index is 13.2. The van der Waals surface area contributed by atoms with Gasteiger partial charge in [0.05, 0.1) is 4.90 Å². The summed E-state index contributed by atoms with van der Waals surface area (Å²) < 4.78 is 52.3. The third-order valence-electron chi connectivity index (χ3n) is 3.61. The molecule has 0 atom stereocenters. The summed E-state index contributed by atoms with van der Waals surface area (Å²) in [5, 5.41) is 2.69. The highest BCUT2D eigenvalue weighted by atomic mass is 32.2. The van der Waals surface area contributed by atoms with Crippen molar-refractivity contribution in [2.24, 2.45) is 0 Å². The fourth-order valence-corrected chi connectivity index (χ4v) is 3.32. The number of pyridine rings is 1. The van der Waals surface area contributed by atoms with Crippen LogP contribution in [-0.4, -0.2) is 39.9 Å². The molecule has 2 rings (SSSR count). The number of rotatable bonds is 8. The van der Waals surface area contributed by atoms with Crippen LogP contribution in [0.1, 0.15) is 12.0 Å². The van der Waals surface area contributed by atoms with Gasteiger partial charge in [-0.05, 0) is 24.3 Å². The van der Waals surface area contributed by atoms with Crippen molar-refractivity contribution in [2.75, 3.05) is 25.5 Å². The first kappa shape index (κ1) is 20.7. The lowest BCUT2D eigenvalue weighted by Crippen LogP contribution is -2.31. The number of aromatic nitrogens is 1. The van der Waals surface area contributed by atoms with Crippen molar-refractivity contribution in [1.29, 1.82) is 0 Å². The summed E-state index contributed by atoms with van der Waals surface area (Å²) in [6.45, 7) is 0.0663. The van der Waals surface area contributed by atoms with E-state index < -0.39 is 26.6 Å². The Morgan fingerprint density at radius 3 is 2.59 bits per heavy atom. The Balaban J connectivity index is 1.86. The van der Waals surface area contributed by atoms with E-state index in [2.05, 4.69) is 15.0 Å². The van der Waals surface area contributed by atoms with Crippen LogP contribution in [-0.2, 0) is 21.4 Å². The Hall–Kier alpha value is -2.59. The predicted octanol–water partition coefficient (Wildman–Crippen LogP) is 1.41. The van der Waals surface area contributed by atoms with E-state index in [-0.39, 0.29) is 25.4 Å². The summed E-state index contributed by atoms with van der Waals surface area (Å²) in [5.41, 5.74) is 0.818. The van der Waals surface area contributed by atoms with E-state index >= 15 is 0 Å². The zero-order chi connectivity index (χ0) is 20.0. The molecule has 1 heterocycles. The van der Waals surface area contributed by atoms with Gasteiger partial charge < -0.3 is 10.2 Å². The molecule has 2 N–H and O–H groups in total. The second kappa shape index (κ2) is 8.87. The lowest BCUT2D eigenvalue weighted by atomic mass is 10.2. The lowest BCUT2D eigenvalue weighted by molar-refractivity contribution is -0.121. The highest BCUT2D eigenvalue weighted by Crippen LogP contribution is 2.14. The van der Waals surface area contributed by atoms with E-state index in [1.807, 2.05) is 25.1 Å². The summed E-state index contributed by atoms with van der Waals surface area (Å²) in [7, 11) is -0.366. The number of hydrogen-bond donors (Lipinski definition) is 2. The molecule has 0 radical (unpaired) electrons. The number of benzene rings is 1. The van der Waals surface area contributed by atoms with E-state index in [9.17, 15) is 22.0 Å². The number of hydrogen-bond acceptors (Lipinski definition) is 5. The molecule has 0 bridgehead atoms. The van der Waals surface area contributed by atoms with Crippen LogP contribution >= 0.6 is 0 Å². The minimum absolute atomic E-state index is 0.111. The first-order valence-corrected chi connectivity index (χ1v) is 9.51. The SMILES string of the molecule is CN(C)c1ncccc1CNC(=O)CCNS(=O)(=O)c1ccc(F)c(F)c1. The van der Waals surface area contributed by atoms with Crippen LogP contribution in [0.25, 0.3) is 0 Å². The third kappa shape index (κ3) is 5.69. The molecule has 0 aliphatic carbocycles. The number of nitrogens with one attached hydrogen (secondary N) is 2. The number of nitrogens with zero attached hydrogens (tertiary/aromatic N) is 2. The van der Waals surface area contributed by atoms with E-state index in [4.69, 9.17) is 0 Å². The second-order valence-electron chi connectivity index (χ2n) is 5.88. The Labute approximate surface area is 156 Å². The van der Waals surface area contributed by atoms with Crippen LogP contribution in [0, 0.1) is 11.6 Å². The van der Waals surface area contributed by atoms with Crippen LogP contribution < -0.4 is 14.9 Å². The zero-order valence-electron chi connectivity index (χ0n) is 14.9. The van der Waals surface area contributed by atoms with Crippen LogP contribution in [0.15, 0.2) is 41.4 Å². The van der Waals surface area contributed by atoms with Crippen LogP contribution in [0.2, 0.25) is 0 Å². The van der Waals surface area contributed by atoms with Gasteiger partial charge in [0.2, 0.25) is 15.9 Å². The quantitative estimate of drug-likeness (QED) is 0.702. The fourth-order valence-electron chi connectivity index (χ4n) is 2.28. The van der Waals surface area contributed by atoms with Crippen molar-refractivity contribution in [3.05, 3.63) is 53.7 Å². The Kier molecular flexibility index (Phi) is 6.81. The topological polar surface area (TPSA) is 91.4 Å². The molecule has 1 amide bonds. The van der Waals surface area contributed by atoms with Gasteiger partial charge in [-0.25, -0.2) is 26.9 Å². The summed E-state index contributed by atoms with van der Waals surface area (Å²) in [6.07, 6.45) is 1.54. The van der Waals surface area contributed by atoms with Crippen LogP contribution in [0.3, 0.4) is 0 Å². The van der Waals surface area contributed by atoms with Gasteiger partial charge in [-0.3, -0.25) is 4.79 Å². The molecule has 146 valence electrons. The smallest absolute Gasteiger partial charge is 0.240 e. The second-order valence-corrected chi connectivity index (χ2v) is 7.65. The van der Waals surface area contributed by atoms with Crippen molar-refractivity contribution >= 4 is 21.7 Å². The maximum absolute atomic E-state index is 13.2. The number of sulfonamides is 1. The van der Waals surface area contributed by atoms with Crippen molar-refractivity contribution in [3.8, 4) is 0 Å². The van der Waals surface area contributed by atoms with Gasteiger partial charge in [-0.1, -0.05) is 6.07 Å². The molecular formula is C17H20F2N4O3S. The first-order chi connectivity index (χ1) is 12.7. The molecule has 2 aromatic rings. The van der Waals surface area contributed by atoms with E-state index in [0.29, 0.717) is 6.07 Å². The highest BCUT2D eigenvalue weighted by molar-refractivity contribution is 7.89. The van der Waals surface area contributed by atoms with Crippen molar-refractivity contribution in [2.45, 2.75) is 17.9 Å². The van der Waals surface area contributed by atoms with Crippen molar-refractivity contribution < 1.29 is 22.0 Å². The number of halogens is 2. The molecular weight excluding hydrogens is 378 g/mol. The van der Waals surface area contributed by atoms with Gasteiger partial charge in [0.25, 0.3) is 0 Å². The van der Waals surface area contributed by atoms with Gasteiger partial charge in [-0.2, -0.15) is 0 Å². The fraction of sp³-hybridized carbons (Fsp3) is 0.294. The molecule has 0 fully saturated rings. The van der Waals surface area contributed by atoms with E-state index in [1.165, 1.54) is 0 Å². The van der Waals surface area contributed by atoms with E-state index in [0.717, 1.165) is 23.5 Å². The van der Waals surface area contributed by atoms with Gasteiger partial charge in [0, 0.05) is 45.4 Å². The molecule has 1 aromatic heterocycles. The van der Waals surface area contributed by atoms with Crippen molar-refractivity contribution in [1.82, 2.24) is 15.0 Å². The summed E-state index contributed by atoms with van der Waals surface area (Å²) >= 11 is 0. The molecule has 27 heavy (non-hydrogen) atoms. The Morgan fingerprint density at radius 1 is 1.19 bits per heavy atom. The molecule has 0 spiro atoms. The average Bonchev–Trinajstić information content (AvgIpc) is 2.62. The Morgan fingerprint density at radius 2 is 1.93 bits per heavy atom. The van der Waals surface area contributed by atoms with E-state index in [1.54, 1.807) is 12.3 Å². The minimum Gasteiger partial charge on any atom is -0.362 e. The summed E-state index contributed by atoms with van der Waals surface area (Å²) in [4.78, 5) is 17.6. The molecule has 0 saturated heterocycles. The average molecular weight is 398 g/mol. The normalized spacial score (nSPS) is 11.3. The molecule has 0 saturated carbocycles. The Bertz CT molecular complexity index is 920. The highest BCUT2D eigenvalue weighted by Gasteiger charge is 2.16. The first-order valence-electron chi connectivity index (χ1n) is 8.03. The molecule has 0 unspecified atom stereocenters. The molecule has 10 heteroatoms. The number of carbonyl (C=O) groups is 1. The molecule has 7 nitrogen and oxygen atoms in total. The summed E-state index contributed by atoms with van der Waals surface area (Å²) in [6, 6.07) is 5.85. The van der Waals surface area contributed by atoms with Crippen LogP contribution in [0.5, 0.6) is 0 Å². The predicted molar refractivity (Wildman–Crippen MR) is 96.6 cm³/mol.